The van der Waals surface area contributed by atoms with Gasteiger partial charge in [0.2, 0.25) is 10.0 Å². The molecule has 0 aliphatic carbocycles. The summed E-state index contributed by atoms with van der Waals surface area (Å²) in [6, 6.07) is 16.0. The van der Waals surface area contributed by atoms with Gasteiger partial charge in [0.1, 0.15) is 0 Å². The van der Waals surface area contributed by atoms with E-state index in [-0.39, 0.29) is 16.6 Å². The van der Waals surface area contributed by atoms with Gasteiger partial charge < -0.3 is 0 Å². The van der Waals surface area contributed by atoms with E-state index in [0.717, 1.165) is 0 Å². The lowest BCUT2D eigenvalue weighted by Gasteiger charge is -2.21. The number of rotatable bonds is 6. The molecule has 0 heterocycles. The molecule has 0 saturated heterocycles. The number of Topliss-reactive ketones (excluding diaryl/α,β-unsaturated/α-hetero) is 1. The molecule has 4 nitrogen and oxygen atoms in total. The zero-order valence-electron chi connectivity index (χ0n) is 12.6. The van der Waals surface area contributed by atoms with Gasteiger partial charge in [-0.3, -0.25) is 4.79 Å². The van der Waals surface area contributed by atoms with E-state index < -0.39 is 16.1 Å². The highest BCUT2D eigenvalue weighted by Gasteiger charge is 2.28. The van der Waals surface area contributed by atoms with Crippen LogP contribution in [0.3, 0.4) is 0 Å². The van der Waals surface area contributed by atoms with Crippen molar-refractivity contribution in [2.45, 2.75) is 24.8 Å². The van der Waals surface area contributed by atoms with Crippen molar-refractivity contribution in [3.63, 3.8) is 0 Å². The Hall–Kier alpha value is -1.98. The molecule has 0 spiro atoms. The number of hydrogen-bond acceptors (Lipinski definition) is 3. The Bertz CT molecular complexity index is 725. The third kappa shape index (κ3) is 3.81. The molecule has 2 rings (SSSR count). The Morgan fingerprint density at radius 2 is 1.41 bits per heavy atom. The fourth-order valence-electron chi connectivity index (χ4n) is 2.11. The molecule has 1 unspecified atom stereocenters. The zero-order chi connectivity index (χ0) is 16.2. The summed E-state index contributed by atoms with van der Waals surface area (Å²) < 4.78 is 27.4. The Labute approximate surface area is 131 Å². The first-order chi connectivity index (χ1) is 10.4. The quantitative estimate of drug-likeness (QED) is 0.833. The van der Waals surface area contributed by atoms with E-state index in [1.807, 2.05) is 19.9 Å². The normalized spacial score (nSPS) is 13.0. The van der Waals surface area contributed by atoms with Crippen LogP contribution in [0.25, 0.3) is 0 Å². The number of carbonyl (C=O) groups is 1. The fraction of sp³-hybridized carbons (Fsp3) is 0.235. The molecule has 1 atom stereocenters. The number of benzene rings is 2. The predicted molar refractivity (Wildman–Crippen MR) is 86.2 cm³/mol. The van der Waals surface area contributed by atoms with E-state index in [4.69, 9.17) is 0 Å². The maximum absolute atomic E-state index is 12.6. The first-order valence-corrected chi connectivity index (χ1v) is 8.57. The highest BCUT2D eigenvalue weighted by Crippen LogP contribution is 2.15. The topological polar surface area (TPSA) is 63.2 Å². The Morgan fingerprint density at radius 3 is 1.91 bits per heavy atom. The Balaban J connectivity index is 2.29. The van der Waals surface area contributed by atoms with E-state index in [0.29, 0.717) is 5.56 Å². The van der Waals surface area contributed by atoms with Crippen LogP contribution in [-0.4, -0.2) is 20.2 Å². The van der Waals surface area contributed by atoms with Gasteiger partial charge in [0.25, 0.3) is 0 Å². The average molecular weight is 317 g/mol. The lowest BCUT2D eigenvalue weighted by molar-refractivity contribution is 0.0931. The number of sulfonamides is 1. The highest BCUT2D eigenvalue weighted by molar-refractivity contribution is 7.89. The number of ketones is 1. The first-order valence-electron chi connectivity index (χ1n) is 7.08. The lowest BCUT2D eigenvalue weighted by Crippen LogP contribution is -2.44. The molecule has 22 heavy (non-hydrogen) atoms. The fourth-order valence-corrected chi connectivity index (χ4v) is 3.47. The number of nitrogens with one attached hydrogen (secondary N) is 1. The minimum absolute atomic E-state index is 0.154. The summed E-state index contributed by atoms with van der Waals surface area (Å²) in [6.07, 6.45) is 0. The monoisotopic (exact) mass is 317 g/mol. The maximum Gasteiger partial charge on any atom is 0.241 e. The smallest absolute Gasteiger partial charge is 0.241 e. The average Bonchev–Trinajstić information content (AvgIpc) is 2.53. The van der Waals surface area contributed by atoms with Gasteiger partial charge in [0, 0.05) is 5.56 Å². The van der Waals surface area contributed by atoms with E-state index in [9.17, 15) is 13.2 Å². The van der Waals surface area contributed by atoms with Crippen LogP contribution in [0.1, 0.15) is 24.2 Å². The second-order valence-corrected chi connectivity index (χ2v) is 7.10. The van der Waals surface area contributed by atoms with Gasteiger partial charge in [-0.15, -0.1) is 0 Å². The molecule has 2 aromatic rings. The molecular weight excluding hydrogens is 298 g/mol. The van der Waals surface area contributed by atoms with Gasteiger partial charge in [-0.25, -0.2) is 8.42 Å². The summed E-state index contributed by atoms with van der Waals surface area (Å²) in [7, 11) is -3.73. The Morgan fingerprint density at radius 1 is 0.909 bits per heavy atom. The molecule has 0 amide bonds. The molecule has 116 valence electrons. The molecule has 1 N–H and O–H groups in total. The van der Waals surface area contributed by atoms with Crippen molar-refractivity contribution < 1.29 is 13.2 Å². The van der Waals surface area contributed by atoms with Crippen LogP contribution in [0.2, 0.25) is 0 Å². The molecule has 0 aliphatic rings. The molecule has 0 bridgehead atoms. The van der Waals surface area contributed by atoms with Crippen LogP contribution in [0.5, 0.6) is 0 Å². The van der Waals surface area contributed by atoms with Crippen LogP contribution < -0.4 is 4.72 Å². The standard InChI is InChI=1S/C17H19NO3S/c1-13(2)16(17(19)14-9-5-3-6-10-14)18-22(20,21)15-11-7-4-8-12-15/h3-13,16,18H,1-2H3. The van der Waals surface area contributed by atoms with Gasteiger partial charge in [-0.2, -0.15) is 4.72 Å². The second kappa shape index (κ2) is 6.85. The van der Waals surface area contributed by atoms with E-state index in [1.165, 1.54) is 12.1 Å². The van der Waals surface area contributed by atoms with Gasteiger partial charge >= 0.3 is 0 Å². The summed E-state index contributed by atoms with van der Waals surface area (Å²) in [4.78, 5) is 12.7. The predicted octanol–water partition coefficient (Wildman–Crippen LogP) is 2.87. The van der Waals surface area contributed by atoms with Crippen molar-refractivity contribution in [1.29, 1.82) is 0 Å². The van der Waals surface area contributed by atoms with Crippen LogP contribution in [0.4, 0.5) is 0 Å². The van der Waals surface area contributed by atoms with E-state index in [1.54, 1.807) is 42.5 Å². The SMILES string of the molecule is CC(C)C(NS(=O)(=O)c1ccccc1)C(=O)c1ccccc1. The molecule has 0 radical (unpaired) electrons. The summed E-state index contributed by atoms with van der Waals surface area (Å²) in [5.74, 6) is -0.388. The molecule has 0 aliphatic heterocycles. The summed E-state index contributed by atoms with van der Waals surface area (Å²) in [5, 5.41) is 0. The van der Waals surface area contributed by atoms with Crippen molar-refractivity contribution in [3.8, 4) is 0 Å². The van der Waals surface area contributed by atoms with Gasteiger partial charge in [-0.05, 0) is 18.1 Å². The minimum Gasteiger partial charge on any atom is -0.292 e. The second-order valence-electron chi connectivity index (χ2n) is 5.39. The van der Waals surface area contributed by atoms with Gasteiger partial charge in [0.15, 0.2) is 5.78 Å². The summed E-state index contributed by atoms with van der Waals surface area (Å²) in [6.45, 7) is 3.64. The van der Waals surface area contributed by atoms with Crippen molar-refractivity contribution >= 4 is 15.8 Å². The largest absolute Gasteiger partial charge is 0.292 e. The third-order valence-corrected chi connectivity index (χ3v) is 4.80. The van der Waals surface area contributed by atoms with Crippen molar-refractivity contribution in [1.82, 2.24) is 4.72 Å². The minimum atomic E-state index is -3.73. The molecular formula is C17H19NO3S. The van der Waals surface area contributed by atoms with Gasteiger partial charge in [0.05, 0.1) is 10.9 Å². The summed E-state index contributed by atoms with van der Waals surface area (Å²) >= 11 is 0. The lowest BCUT2D eigenvalue weighted by atomic mass is 9.96. The van der Waals surface area contributed by atoms with E-state index >= 15 is 0 Å². The van der Waals surface area contributed by atoms with Crippen LogP contribution in [0.15, 0.2) is 65.6 Å². The molecule has 5 heteroatoms. The maximum atomic E-state index is 12.6. The summed E-state index contributed by atoms with van der Waals surface area (Å²) in [5.41, 5.74) is 0.497. The van der Waals surface area contributed by atoms with Gasteiger partial charge in [-0.1, -0.05) is 62.4 Å². The third-order valence-electron chi connectivity index (χ3n) is 3.34. The number of hydrogen-bond donors (Lipinski definition) is 1. The van der Waals surface area contributed by atoms with Crippen LogP contribution in [0, 0.1) is 5.92 Å². The first kappa shape index (κ1) is 16.4. The molecule has 2 aromatic carbocycles. The van der Waals surface area contributed by atoms with E-state index in [2.05, 4.69) is 4.72 Å². The molecule has 0 saturated carbocycles. The van der Waals surface area contributed by atoms with Crippen molar-refractivity contribution in [2.24, 2.45) is 5.92 Å². The molecule has 0 fully saturated rings. The Kier molecular flexibility index (Phi) is 5.11. The van der Waals surface area contributed by atoms with Crippen molar-refractivity contribution in [3.05, 3.63) is 66.2 Å². The highest BCUT2D eigenvalue weighted by atomic mass is 32.2. The number of carbonyl (C=O) groups excluding carboxylic acids is 1. The molecule has 0 aromatic heterocycles. The zero-order valence-corrected chi connectivity index (χ0v) is 13.4. The van der Waals surface area contributed by atoms with Crippen LogP contribution in [-0.2, 0) is 10.0 Å². The van der Waals surface area contributed by atoms with Crippen LogP contribution >= 0.6 is 0 Å². The van der Waals surface area contributed by atoms with Crippen molar-refractivity contribution in [2.75, 3.05) is 0 Å².